The molecule has 6 N–H and O–H groups in total. The molecule has 116 valence electrons. The number of benzene rings is 1. The number of fused-ring (bicyclic) bond motifs is 1. The summed E-state index contributed by atoms with van der Waals surface area (Å²) < 4.78 is 28.9. The minimum atomic E-state index is -0.921. The molecule has 5 nitrogen and oxygen atoms in total. The minimum absolute atomic E-state index is 0.185. The second kappa shape index (κ2) is 5.42. The first-order chi connectivity index (χ1) is 10.5. The molecule has 0 amide bonds. The van der Waals surface area contributed by atoms with Gasteiger partial charge in [0, 0.05) is 42.2 Å². The number of allylic oxidation sites excluding steroid dienone is 2. The molecule has 0 saturated heterocycles. The number of nitrogens with two attached hydrogens (primary N) is 3. The molecule has 1 heterocycles. The highest BCUT2D eigenvalue weighted by atomic mass is 19.2. The van der Waals surface area contributed by atoms with Crippen LogP contribution in [0.15, 0.2) is 30.1 Å². The fourth-order valence-electron chi connectivity index (χ4n) is 2.44. The Hall–Kier alpha value is -2.41. The lowest BCUT2D eigenvalue weighted by Crippen LogP contribution is -2.12. The van der Waals surface area contributed by atoms with Gasteiger partial charge in [-0.3, -0.25) is 0 Å². The monoisotopic (exact) mass is 305 g/mol. The van der Waals surface area contributed by atoms with Crippen LogP contribution >= 0.6 is 0 Å². The predicted octanol–water partition coefficient (Wildman–Crippen LogP) is 1.75. The molecule has 1 aliphatic rings. The van der Waals surface area contributed by atoms with Crippen molar-refractivity contribution in [1.29, 1.82) is 0 Å². The van der Waals surface area contributed by atoms with Crippen molar-refractivity contribution >= 4 is 16.6 Å². The van der Waals surface area contributed by atoms with Crippen LogP contribution < -0.4 is 17.2 Å². The second-order valence-corrected chi connectivity index (χ2v) is 5.34. The van der Waals surface area contributed by atoms with Gasteiger partial charge in [-0.2, -0.15) is 0 Å². The molecule has 1 aromatic carbocycles. The summed E-state index contributed by atoms with van der Waals surface area (Å²) in [7, 11) is 0. The van der Waals surface area contributed by atoms with E-state index in [0.29, 0.717) is 28.1 Å². The van der Waals surface area contributed by atoms with Gasteiger partial charge >= 0.3 is 0 Å². The summed E-state index contributed by atoms with van der Waals surface area (Å²) in [5, 5.41) is 0. The zero-order chi connectivity index (χ0) is 15.9. The number of rotatable bonds is 4. The van der Waals surface area contributed by atoms with Crippen LogP contribution in [0.3, 0.4) is 0 Å². The van der Waals surface area contributed by atoms with E-state index in [0.717, 1.165) is 18.9 Å². The molecule has 1 fully saturated rings. The fraction of sp³-hybridized carbons (Fsp3) is 0.267. The zero-order valence-corrected chi connectivity index (χ0v) is 11.9. The van der Waals surface area contributed by atoms with E-state index in [4.69, 9.17) is 17.2 Å². The van der Waals surface area contributed by atoms with Crippen LogP contribution in [0.25, 0.3) is 16.6 Å². The Balaban J connectivity index is 2.22. The van der Waals surface area contributed by atoms with E-state index < -0.39 is 11.6 Å². The Morgan fingerprint density at radius 1 is 1.32 bits per heavy atom. The number of nitrogens with zero attached hydrogens (tertiary/aromatic N) is 2. The molecule has 0 unspecified atom stereocenters. The third-order valence-electron chi connectivity index (χ3n) is 3.66. The van der Waals surface area contributed by atoms with Gasteiger partial charge in [-0.05, 0) is 18.9 Å². The highest BCUT2D eigenvalue weighted by Crippen LogP contribution is 2.40. The number of halogens is 2. The third kappa shape index (κ3) is 2.43. The maximum absolute atomic E-state index is 13.6. The first-order valence-electron chi connectivity index (χ1n) is 7.00. The molecule has 3 rings (SSSR count). The van der Waals surface area contributed by atoms with E-state index in [1.165, 1.54) is 12.3 Å². The van der Waals surface area contributed by atoms with Crippen molar-refractivity contribution in [3.8, 4) is 0 Å². The Labute approximate surface area is 126 Å². The smallest absolute Gasteiger partial charge is 0.161 e. The Morgan fingerprint density at radius 3 is 2.59 bits per heavy atom. The van der Waals surface area contributed by atoms with Gasteiger partial charge in [-0.25, -0.2) is 13.8 Å². The zero-order valence-electron chi connectivity index (χ0n) is 11.9. The molecular formula is C15H17F2N5. The first-order valence-corrected chi connectivity index (χ1v) is 7.00. The SMILES string of the molecule is N/C=C(\C=C(/N)CN)c1nc2cc(F)c(F)cc2n1C1CC1. The number of aromatic nitrogens is 2. The lowest BCUT2D eigenvalue weighted by molar-refractivity contribution is 0.510. The molecule has 1 aromatic heterocycles. The fourth-order valence-corrected chi connectivity index (χ4v) is 2.44. The summed E-state index contributed by atoms with van der Waals surface area (Å²) in [6, 6.07) is 2.48. The predicted molar refractivity (Wildman–Crippen MR) is 81.4 cm³/mol. The van der Waals surface area contributed by atoms with Crippen molar-refractivity contribution < 1.29 is 8.78 Å². The summed E-state index contributed by atoms with van der Waals surface area (Å²) in [6.45, 7) is 0.185. The minimum Gasteiger partial charge on any atom is -0.404 e. The van der Waals surface area contributed by atoms with Crippen molar-refractivity contribution in [1.82, 2.24) is 9.55 Å². The Kier molecular flexibility index (Phi) is 3.58. The number of hydrogen-bond acceptors (Lipinski definition) is 4. The lowest BCUT2D eigenvalue weighted by Gasteiger charge is -2.09. The first kappa shape index (κ1) is 14.5. The summed E-state index contributed by atoms with van der Waals surface area (Å²) in [5.41, 5.74) is 18.9. The van der Waals surface area contributed by atoms with E-state index in [1.54, 1.807) is 6.08 Å². The van der Waals surface area contributed by atoms with Gasteiger partial charge in [-0.1, -0.05) is 0 Å². The summed E-state index contributed by atoms with van der Waals surface area (Å²) in [5.74, 6) is -1.27. The molecule has 0 atom stereocenters. The molecule has 1 aliphatic carbocycles. The highest BCUT2D eigenvalue weighted by Gasteiger charge is 2.29. The molecule has 22 heavy (non-hydrogen) atoms. The van der Waals surface area contributed by atoms with E-state index in [9.17, 15) is 8.78 Å². The second-order valence-electron chi connectivity index (χ2n) is 5.34. The van der Waals surface area contributed by atoms with Gasteiger partial charge in [0.1, 0.15) is 5.82 Å². The highest BCUT2D eigenvalue weighted by molar-refractivity contribution is 5.82. The van der Waals surface area contributed by atoms with Gasteiger partial charge in [0.25, 0.3) is 0 Å². The third-order valence-corrected chi connectivity index (χ3v) is 3.66. The van der Waals surface area contributed by atoms with Crippen molar-refractivity contribution in [3.63, 3.8) is 0 Å². The van der Waals surface area contributed by atoms with Crippen molar-refractivity contribution in [2.24, 2.45) is 17.2 Å². The van der Waals surface area contributed by atoms with Gasteiger partial charge in [-0.15, -0.1) is 0 Å². The van der Waals surface area contributed by atoms with Crippen molar-refractivity contribution in [2.75, 3.05) is 6.54 Å². The molecule has 1 saturated carbocycles. The molecular weight excluding hydrogens is 288 g/mol. The van der Waals surface area contributed by atoms with Crippen molar-refractivity contribution in [2.45, 2.75) is 18.9 Å². The normalized spacial score (nSPS) is 16.5. The largest absolute Gasteiger partial charge is 0.404 e. The molecule has 0 aliphatic heterocycles. The molecule has 7 heteroatoms. The average molecular weight is 305 g/mol. The maximum atomic E-state index is 13.6. The Bertz CT molecular complexity index is 787. The lowest BCUT2D eigenvalue weighted by atomic mass is 10.2. The van der Waals surface area contributed by atoms with E-state index in [-0.39, 0.29) is 12.6 Å². The molecule has 0 radical (unpaired) electrons. The van der Waals surface area contributed by atoms with Gasteiger partial charge in [0.2, 0.25) is 0 Å². The number of hydrogen-bond donors (Lipinski definition) is 3. The standard InChI is InChI=1S/C15H17F2N5/c16-11-4-13-14(5-12(11)17)22(10-1-2-10)15(21-13)8(6-18)3-9(20)7-19/h3-6,10H,1-2,7,18-20H2/b8-6+,9-3-. The summed E-state index contributed by atoms with van der Waals surface area (Å²) >= 11 is 0. The summed E-state index contributed by atoms with van der Waals surface area (Å²) in [4.78, 5) is 4.40. The topological polar surface area (TPSA) is 95.9 Å². The summed E-state index contributed by atoms with van der Waals surface area (Å²) in [6.07, 6.45) is 4.93. The maximum Gasteiger partial charge on any atom is 0.161 e. The van der Waals surface area contributed by atoms with Crippen LogP contribution in [-0.2, 0) is 0 Å². The quantitative estimate of drug-likeness (QED) is 0.750. The van der Waals surface area contributed by atoms with Crippen LogP contribution in [0.1, 0.15) is 24.7 Å². The molecule has 2 aromatic rings. The van der Waals surface area contributed by atoms with Crippen LogP contribution in [-0.4, -0.2) is 16.1 Å². The van der Waals surface area contributed by atoms with Gasteiger partial charge in [0.15, 0.2) is 11.6 Å². The van der Waals surface area contributed by atoms with E-state index in [2.05, 4.69) is 4.98 Å². The van der Waals surface area contributed by atoms with Gasteiger partial charge < -0.3 is 21.8 Å². The van der Waals surface area contributed by atoms with E-state index >= 15 is 0 Å². The van der Waals surface area contributed by atoms with Crippen LogP contribution in [0.2, 0.25) is 0 Å². The molecule has 0 bridgehead atoms. The Morgan fingerprint density at radius 2 is 2.00 bits per heavy atom. The number of imidazole rings is 1. The molecule has 0 spiro atoms. The van der Waals surface area contributed by atoms with Crippen LogP contribution in [0.5, 0.6) is 0 Å². The van der Waals surface area contributed by atoms with E-state index in [1.807, 2.05) is 4.57 Å². The van der Waals surface area contributed by atoms with Gasteiger partial charge in [0.05, 0.1) is 11.0 Å². The average Bonchev–Trinajstić information content (AvgIpc) is 3.28. The van der Waals surface area contributed by atoms with Crippen LogP contribution in [0.4, 0.5) is 8.78 Å². The van der Waals surface area contributed by atoms with Crippen molar-refractivity contribution in [3.05, 3.63) is 47.6 Å². The van der Waals surface area contributed by atoms with Crippen LogP contribution in [0, 0.1) is 11.6 Å².